The Kier molecular flexibility index (Phi) is 9.37. The van der Waals surface area contributed by atoms with E-state index in [4.69, 9.17) is 5.26 Å². The number of β-amino-alcohol motifs (C(OH)–C–C–N with tert-alkyl or cyclic N) is 1. The molecule has 1 fully saturated rings. The fraction of sp³-hybridized carbons (Fsp3) is 0.300. The van der Waals surface area contributed by atoms with Crippen LogP contribution in [0.2, 0.25) is 0 Å². The largest absolute Gasteiger partial charge is 0.416 e. The molecule has 1 aliphatic rings. The summed E-state index contributed by atoms with van der Waals surface area (Å²) in [4.78, 5) is 29.0. The number of rotatable bonds is 9. The molecule has 0 radical (unpaired) electrons. The van der Waals surface area contributed by atoms with E-state index in [1.165, 1.54) is 4.90 Å². The number of aliphatic hydroxyl groups excluding tert-OH is 1. The van der Waals surface area contributed by atoms with Crippen LogP contribution in [-0.4, -0.2) is 65.5 Å². The van der Waals surface area contributed by atoms with E-state index in [0.717, 1.165) is 22.8 Å². The number of hydrogen-bond donors (Lipinski definition) is 2. The number of benzene rings is 3. The average Bonchev–Trinajstić information content (AvgIpc) is 3.34. The van der Waals surface area contributed by atoms with Gasteiger partial charge in [0, 0.05) is 25.3 Å². The van der Waals surface area contributed by atoms with Crippen LogP contribution in [0.25, 0.3) is 11.1 Å². The van der Waals surface area contributed by atoms with Gasteiger partial charge in [-0.05, 0) is 59.9 Å². The summed E-state index contributed by atoms with van der Waals surface area (Å²) in [6.07, 6.45) is -4.42. The van der Waals surface area contributed by atoms with Gasteiger partial charge in [-0.1, -0.05) is 36.4 Å². The van der Waals surface area contributed by atoms with E-state index in [-0.39, 0.29) is 24.7 Å². The highest BCUT2D eigenvalue weighted by atomic mass is 19.4. The third-order valence-corrected chi connectivity index (χ3v) is 6.75. The lowest BCUT2D eigenvalue weighted by Crippen LogP contribution is -2.44. The number of alkyl halides is 3. The summed E-state index contributed by atoms with van der Waals surface area (Å²) >= 11 is 0. The van der Waals surface area contributed by atoms with Crippen molar-refractivity contribution < 1.29 is 32.3 Å². The van der Waals surface area contributed by atoms with Crippen LogP contribution in [0.5, 0.6) is 0 Å². The average molecular weight is 569 g/mol. The molecule has 0 bridgehead atoms. The lowest BCUT2D eigenvalue weighted by Gasteiger charge is -2.25. The van der Waals surface area contributed by atoms with E-state index in [1.807, 2.05) is 30.3 Å². The number of aliphatic hydroxyl groups is 1. The van der Waals surface area contributed by atoms with Crippen LogP contribution in [0.4, 0.5) is 23.2 Å². The Morgan fingerprint density at radius 1 is 1.07 bits per heavy atom. The molecule has 0 aromatic heterocycles. The van der Waals surface area contributed by atoms with Gasteiger partial charge in [0.25, 0.3) is 0 Å². The van der Waals surface area contributed by atoms with E-state index in [1.54, 1.807) is 23.1 Å². The number of likely N-dealkylation sites (tertiary alicyclic amines) is 1. The number of anilines is 1. The molecule has 1 unspecified atom stereocenters. The summed E-state index contributed by atoms with van der Waals surface area (Å²) in [5.41, 5.74) is 1.59. The van der Waals surface area contributed by atoms with Gasteiger partial charge in [0.15, 0.2) is 0 Å². The van der Waals surface area contributed by atoms with Crippen molar-refractivity contribution in [2.24, 2.45) is 0 Å². The summed E-state index contributed by atoms with van der Waals surface area (Å²) in [5, 5.41) is 21.2. The molecule has 1 aliphatic heterocycles. The molecule has 1 saturated heterocycles. The van der Waals surface area contributed by atoms with Crippen molar-refractivity contribution in [3.05, 3.63) is 89.2 Å². The van der Waals surface area contributed by atoms with Gasteiger partial charge < -0.3 is 15.3 Å². The molecule has 4 rings (SSSR count). The van der Waals surface area contributed by atoms with E-state index in [9.17, 15) is 32.3 Å². The zero-order valence-electron chi connectivity index (χ0n) is 22.0. The van der Waals surface area contributed by atoms with Crippen molar-refractivity contribution in [3.8, 4) is 17.2 Å². The van der Waals surface area contributed by atoms with Gasteiger partial charge in [0.1, 0.15) is 5.82 Å². The Morgan fingerprint density at radius 3 is 2.49 bits per heavy atom. The van der Waals surface area contributed by atoms with Crippen LogP contribution >= 0.6 is 0 Å². The molecule has 41 heavy (non-hydrogen) atoms. The van der Waals surface area contributed by atoms with Crippen LogP contribution in [-0.2, 0) is 22.2 Å². The number of nitrogens with one attached hydrogen (secondary N) is 1. The van der Waals surface area contributed by atoms with Crippen molar-refractivity contribution in [2.45, 2.75) is 25.1 Å². The van der Waals surface area contributed by atoms with E-state index >= 15 is 0 Å². The highest BCUT2D eigenvalue weighted by Gasteiger charge is 2.32. The SMILES string of the molecule is N#Cc1cccc(-c2ccc(CCN(CC(=O)Nc3cc(F)cc(C(F)(F)F)c3)C(=O)CN3CCC(O)C3)cc2)c1. The molecule has 0 aliphatic carbocycles. The van der Waals surface area contributed by atoms with Gasteiger partial charge in [-0.2, -0.15) is 18.4 Å². The highest BCUT2D eigenvalue weighted by Crippen LogP contribution is 2.31. The normalized spacial score (nSPS) is 15.4. The lowest BCUT2D eigenvalue weighted by molar-refractivity contribution is -0.137. The quantitative estimate of drug-likeness (QED) is 0.372. The summed E-state index contributed by atoms with van der Waals surface area (Å²) in [7, 11) is 0. The second-order valence-electron chi connectivity index (χ2n) is 9.91. The lowest BCUT2D eigenvalue weighted by atomic mass is 10.0. The number of carbonyl (C=O) groups is 2. The Hall–Kier alpha value is -4.27. The maximum atomic E-state index is 13.8. The first-order valence-corrected chi connectivity index (χ1v) is 13.0. The van der Waals surface area contributed by atoms with E-state index < -0.39 is 36.1 Å². The summed E-state index contributed by atoms with van der Waals surface area (Å²) in [6, 6.07) is 18.5. The molecule has 1 heterocycles. The molecule has 3 aromatic carbocycles. The molecule has 214 valence electrons. The third kappa shape index (κ3) is 8.36. The van der Waals surface area contributed by atoms with Gasteiger partial charge in [-0.25, -0.2) is 4.39 Å². The molecule has 3 aromatic rings. The zero-order valence-corrected chi connectivity index (χ0v) is 22.0. The second-order valence-corrected chi connectivity index (χ2v) is 9.91. The van der Waals surface area contributed by atoms with Crippen LogP contribution in [0.15, 0.2) is 66.7 Å². The number of halogens is 4. The Bertz CT molecular complexity index is 1440. The van der Waals surface area contributed by atoms with Crippen molar-refractivity contribution in [3.63, 3.8) is 0 Å². The van der Waals surface area contributed by atoms with Crippen molar-refractivity contribution in [1.29, 1.82) is 5.26 Å². The van der Waals surface area contributed by atoms with Crippen molar-refractivity contribution in [2.75, 3.05) is 38.0 Å². The van der Waals surface area contributed by atoms with Crippen LogP contribution in [0, 0.1) is 17.1 Å². The molecule has 0 spiro atoms. The standard InChI is InChI=1S/C30H28F4N4O3/c31-25-13-24(30(32,33)34)14-26(15-25)36-28(40)18-38(29(41)19-37-10-9-27(39)17-37)11-8-20-4-6-22(7-5-20)23-3-1-2-21(12-23)16-35/h1-7,12-15,27,39H,8-11,17-19H2,(H,36,40). The fourth-order valence-corrected chi connectivity index (χ4v) is 4.63. The van der Waals surface area contributed by atoms with Gasteiger partial charge in [0.2, 0.25) is 11.8 Å². The molecular formula is C30H28F4N4O3. The minimum absolute atomic E-state index is 0.0311. The number of nitriles is 1. The molecule has 0 saturated carbocycles. The summed E-state index contributed by atoms with van der Waals surface area (Å²) in [5.74, 6) is -2.31. The topological polar surface area (TPSA) is 96.7 Å². The molecule has 2 amide bonds. The van der Waals surface area contributed by atoms with Gasteiger partial charge in [-0.3, -0.25) is 14.5 Å². The predicted molar refractivity (Wildman–Crippen MR) is 144 cm³/mol. The van der Waals surface area contributed by atoms with E-state index in [2.05, 4.69) is 11.4 Å². The van der Waals surface area contributed by atoms with Gasteiger partial charge in [0.05, 0.1) is 36.4 Å². The van der Waals surface area contributed by atoms with Gasteiger partial charge in [-0.15, -0.1) is 0 Å². The summed E-state index contributed by atoms with van der Waals surface area (Å²) in [6.45, 7) is 0.500. The Morgan fingerprint density at radius 2 is 1.83 bits per heavy atom. The summed E-state index contributed by atoms with van der Waals surface area (Å²) < 4.78 is 53.0. The fourth-order valence-electron chi connectivity index (χ4n) is 4.63. The first-order valence-electron chi connectivity index (χ1n) is 13.0. The molecular weight excluding hydrogens is 540 g/mol. The predicted octanol–water partition coefficient (Wildman–Crippen LogP) is 4.46. The first-order chi connectivity index (χ1) is 19.5. The molecule has 2 N–H and O–H groups in total. The molecule has 11 heteroatoms. The molecule has 1 atom stereocenters. The number of carbonyl (C=O) groups excluding carboxylic acids is 2. The minimum Gasteiger partial charge on any atom is -0.392 e. The van der Waals surface area contributed by atoms with Crippen molar-refractivity contribution in [1.82, 2.24) is 9.80 Å². The van der Waals surface area contributed by atoms with Crippen molar-refractivity contribution >= 4 is 17.5 Å². The Labute approximate surface area is 234 Å². The van der Waals surface area contributed by atoms with Gasteiger partial charge >= 0.3 is 6.18 Å². The molecule has 7 nitrogen and oxygen atoms in total. The second kappa shape index (κ2) is 12.9. The maximum Gasteiger partial charge on any atom is 0.416 e. The van der Waals surface area contributed by atoms with E-state index in [0.29, 0.717) is 43.6 Å². The number of hydrogen-bond acceptors (Lipinski definition) is 5. The monoisotopic (exact) mass is 568 g/mol. The number of amides is 2. The highest BCUT2D eigenvalue weighted by molar-refractivity contribution is 5.94. The first kappa shape index (κ1) is 29.7. The smallest absolute Gasteiger partial charge is 0.392 e. The maximum absolute atomic E-state index is 13.8. The van der Waals surface area contributed by atoms with Crippen LogP contribution < -0.4 is 5.32 Å². The number of nitrogens with zero attached hydrogens (tertiary/aromatic N) is 3. The third-order valence-electron chi connectivity index (χ3n) is 6.75. The Balaban J connectivity index is 1.45. The minimum atomic E-state index is -4.79. The van der Waals surface area contributed by atoms with Crippen LogP contribution in [0.1, 0.15) is 23.1 Å². The van der Waals surface area contributed by atoms with Crippen LogP contribution in [0.3, 0.4) is 0 Å². The zero-order chi connectivity index (χ0) is 29.6.